The van der Waals surface area contributed by atoms with Crippen molar-refractivity contribution in [2.24, 2.45) is 0 Å². The summed E-state index contributed by atoms with van der Waals surface area (Å²) in [6.07, 6.45) is 2.33. The van der Waals surface area contributed by atoms with E-state index in [1.54, 1.807) is 11.8 Å². The third-order valence-electron chi connectivity index (χ3n) is 2.70. The van der Waals surface area contributed by atoms with Gasteiger partial charge in [0.25, 0.3) is 0 Å². The highest BCUT2D eigenvalue weighted by Crippen LogP contribution is 2.17. The number of benzene rings is 1. The number of unbranched alkanes of at least 4 members (excludes halogenated alkanes) is 1. The zero-order valence-corrected chi connectivity index (χ0v) is 14.4. The molecule has 0 bridgehead atoms. The Morgan fingerprint density at radius 2 is 2.30 bits per heavy atom. The molecule has 0 spiro atoms. The first-order chi connectivity index (χ1) is 9.63. The molecule has 0 aliphatic rings. The predicted octanol–water partition coefficient (Wildman–Crippen LogP) is 3.87. The maximum absolute atomic E-state index is 11.8. The summed E-state index contributed by atoms with van der Waals surface area (Å²) in [5.41, 5.74) is 0. The largest absolute Gasteiger partial charge is 0.492 e. The van der Waals surface area contributed by atoms with E-state index in [4.69, 9.17) is 4.74 Å². The lowest BCUT2D eigenvalue weighted by Crippen LogP contribution is -2.34. The number of halogens is 1. The molecule has 1 atom stereocenters. The number of hydrogen-bond acceptors (Lipinski definition) is 3. The van der Waals surface area contributed by atoms with E-state index in [0.717, 1.165) is 22.4 Å². The molecule has 0 radical (unpaired) electrons. The first kappa shape index (κ1) is 17.4. The third kappa shape index (κ3) is 7.20. The standard InChI is InChI=1S/C15H22BrNO2S/c1-3-4-10-20-12(2)15(18)17-8-9-19-14-7-5-6-13(16)11-14/h5-7,11-12H,3-4,8-10H2,1-2H3,(H,17,18)/t12-/m1/s1. The Morgan fingerprint density at radius 3 is 3.00 bits per heavy atom. The van der Waals surface area contributed by atoms with Crippen LogP contribution in [0.3, 0.4) is 0 Å². The molecule has 0 heterocycles. The Hall–Kier alpha value is -0.680. The molecule has 0 fully saturated rings. The van der Waals surface area contributed by atoms with Gasteiger partial charge in [0.15, 0.2) is 0 Å². The third-order valence-corrected chi connectivity index (χ3v) is 4.43. The molecular formula is C15H22BrNO2S. The number of ether oxygens (including phenoxy) is 1. The summed E-state index contributed by atoms with van der Waals surface area (Å²) in [5.74, 6) is 1.93. The van der Waals surface area contributed by atoms with Gasteiger partial charge in [-0.3, -0.25) is 4.79 Å². The lowest BCUT2D eigenvalue weighted by Gasteiger charge is -2.12. The van der Waals surface area contributed by atoms with Gasteiger partial charge in [-0.05, 0) is 37.3 Å². The number of thioether (sulfide) groups is 1. The number of amides is 1. The number of rotatable bonds is 9. The van der Waals surface area contributed by atoms with Crippen molar-refractivity contribution in [3.05, 3.63) is 28.7 Å². The number of carbonyl (C=O) groups is 1. The van der Waals surface area contributed by atoms with Crippen molar-refractivity contribution in [2.75, 3.05) is 18.9 Å². The fraction of sp³-hybridized carbons (Fsp3) is 0.533. The van der Waals surface area contributed by atoms with Gasteiger partial charge in [-0.2, -0.15) is 0 Å². The quantitative estimate of drug-likeness (QED) is 0.680. The van der Waals surface area contributed by atoms with Crippen molar-refractivity contribution in [3.8, 4) is 5.75 Å². The summed E-state index contributed by atoms with van der Waals surface area (Å²) in [5, 5.41) is 2.90. The summed E-state index contributed by atoms with van der Waals surface area (Å²) in [4.78, 5) is 11.8. The van der Waals surface area contributed by atoms with Crippen LogP contribution in [0.1, 0.15) is 26.7 Å². The molecule has 0 aliphatic heterocycles. The van der Waals surface area contributed by atoms with Crippen LogP contribution in [0.15, 0.2) is 28.7 Å². The average molecular weight is 360 g/mol. The second-order valence-corrected chi connectivity index (χ2v) is 6.83. The van der Waals surface area contributed by atoms with Gasteiger partial charge >= 0.3 is 0 Å². The first-order valence-electron chi connectivity index (χ1n) is 6.91. The molecule has 0 unspecified atom stereocenters. The van der Waals surface area contributed by atoms with Gasteiger partial charge in [-0.15, -0.1) is 11.8 Å². The van der Waals surface area contributed by atoms with Gasteiger partial charge in [0, 0.05) is 4.47 Å². The lowest BCUT2D eigenvalue weighted by atomic mass is 10.3. The van der Waals surface area contributed by atoms with Crippen LogP contribution in [0.2, 0.25) is 0 Å². The topological polar surface area (TPSA) is 38.3 Å². The average Bonchev–Trinajstić information content (AvgIpc) is 2.43. The van der Waals surface area contributed by atoms with E-state index >= 15 is 0 Å². The zero-order chi connectivity index (χ0) is 14.8. The van der Waals surface area contributed by atoms with E-state index in [9.17, 15) is 4.79 Å². The summed E-state index contributed by atoms with van der Waals surface area (Å²) >= 11 is 5.10. The van der Waals surface area contributed by atoms with Gasteiger partial charge in [-0.25, -0.2) is 0 Å². The second-order valence-electron chi connectivity index (χ2n) is 4.46. The van der Waals surface area contributed by atoms with Crippen molar-refractivity contribution < 1.29 is 9.53 Å². The summed E-state index contributed by atoms with van der Waals surface area (Å²) < 4.78 is 6.55. The van der Waals surface area contributed by atoms with Crippen molar-refractivity contribution >= 4 is 33.6 Å². The fourth-order valence-corrected chi connectivity index (χ4v) is 2.95. The Morgan fingerprint density at radius 1 is 1.50 bits per heavy atom. The van der Waals surface area contributed by atoms with E-state index in [1.807, 2.05) is 31.2 Å². The highest BCUT2D eigenvalue weighted by atomic mass is 79.9. The molecule has 112 valence electrons. The Labute approximate surface area is 134 Å². The van der Waals surface area contributed by atoms with E-state index in [-0.39, 0.29) is 11.2 Å². The zero-order valence-electron chi connectivity index (χ0n) is 12.0. The fourth-order valence-electron chi connectivity index (χ4n) is 1.52. The van der Waals surface area contributed by atoms with Crippen molar-refractivity contribution in [1.82, 2.24) is 5.32 Å². The summed E-state index contributed by atoms with van der Waals surface area (Å²) in [7, 11) is 0. The molecule has 20 heavy (non-hydrogen) atoms. The van der Waals surface area contributed by atoms with Gasteiger partial charge in [-0.1, -0.05) is 35.3 Å². The second kappa shape index (κ2) is 10.1. The molecule has 0 aromatic heterocycles. The molecule has 1 aromatic rings. The Balaban J connectivity index is 2.15. The molecule has 1 N–H and O–H groups in total. The molecular weight excluding hydrogens is 338 g/mol. The number of carbonyl (C=O) groups excluding carboxylic acids is 1. The molecule has 0 aliphatic carbocycles. The van der Waals surface area contributed by atoms with Gasteiger partial charge in [0.1, 0.15) is 12.4 Å². The Kier molecular flexibility index (Phi) is 8.78. The highest BCUT2D eigenvalue weighted by Gasteiger charge is 2.11. The molecule has 0 saturated heterocycles. The van der Waals surface area contributed by atoms with E-state index in [1.165, 1.54) is 6.42 Å². The van der Waals surface area contributed by atoms with E-state index in [2.05, 4.69) is 28.2 Å². The molecule has 1 aromatic carbocycles. The first-order valence-corrected chi connectivity index (χ1v) is 8.75. The van der Waals surface area contributed by atoms with Gasteiger partial charge in [0.2, 0.25) is 5.91 Å². The molecule has 0 saturated carbocycles. The van der Waals surface area contributed by atoms with Crippen LogP contribution in [-0.4, -0.2) is 30.1 Å². The van der Waals surface area contributed by atoms with Crippen molar-refractivity contribution in [2.45, 2.75) is 31.9 Å². The Bertz CT molecular complexity index is 415. The van der Waals surface area contributed by atoms with Crippen LogP contribution in [0.25, 0.3) is 0 Å². The maximum Gasteiger partial charge on any atom is 0.232 e. The minimum atomic E-state index is 0.00687. The van der Waals surface area contributed by atoms with E-state index in [0.29, 0.717) is 13.2 Å². The summed E-state index contributed by atoms with van der Waals surface area (Å²) in [6, 6.07) is 7.68. The summed E-state index contributed by atoms with van der Waals surface area (Å²) in [6.45, 7) is 5.12. The van der Waals surface area contributed by atoms with Crippen LogP contribution >= 0.6 is 27.7 Å². The van der Waals surface area contributed by atoms with Crippen LogP contribution < -0.4 is 10.1 Å². The normalized spacial score (nSPS) is 11.9. The van der Waals surface area contributed by atoms with Crippen LogP contribution in [0.5, 0.6) is 5.75 Å². The lowest BCUT2D eigenvalue weighted by molar-refractivity contribution is -0.120. The number of nitrogens with one attached hydrogen (secondary N) is 1. The molecule has 5 heteroatoms. The maximum atomic E-state index is 11.8. The van der Waals surface area contributed by atoms with Gasteiger partial charge in [0.05, 0.1) is 11.8 Å². The van der Waals surface area contributed by atoms with E-state index < -0.39 is 0 Å². The smallest absolute Gasteiger partial charge is 0.232 e. The van der Waals surface area contributed by atoms with Crippen LogP contribution in [0, 0.1) is 0 Å². The predicted molar refractivity (Wildman–Crippen MR) is 89.5 cm³/mol. The minimum absolute atomic E-state index is 0.00687. The number of hydrogen-bond donors (Lipinski definition) is 1. The minimum Gasteiger partial charge on any atom is -0.492 e. The van der Waals surface area contributed by atoms with Crippen LogP contribution in [-0.2, 0) is 4.79 Å². The van der Waals surface area contributed by atoms with Gasteiger partial charge < -0.3 is 10.1 Å². The van der Waals surface area contributed by atoms with Crippen molar-refractivity contribution in [1.29, 1.82) is 0 Å². The molecule has 1 rings (SSSR count). The SMILES string of the molecule is CCCCS[C@H](C)C(=O)NCCOc1cccc(Br)c1. The van der Waals surface area contributed by atoms with Crippen LogP contribution in [0.4, 0.5) is 0 Å². The monoisotopic (exact) mass is 359 g/mol. The highest BCUT2D eigenvalue weighted by molar-refractivity contribution is 9.10. The molecule has 1 amide bonds. The molecule has 3 nitrogen and oxygen atoms in total. The van der Waals surface area contributed by atoms with Crippen molar-refractivity contribution in [3.63, 3.8) is 0 Å².